The lowest BCUT2D eigenvalue weighted by Crippen LogP contribution is -2.31. The van der Waals surface area contributed by atoms with Crippen molar-refractivity contribution < 1.29 is 0 Å². The molecule has 0 aliphatic heterocycles. The fourth-order valence-corrected chi connectivity index (χ4v) is 2.18. The Hall–Kier alpha value is -1.75. The highest BCUT2D eigenvalue weighted by molar-refractivity contribution is 6.30. The van der Waals surface area contributed by atoms with Crippen molar-refractivity contribution in [1.29, 1.82) is 0 Å². The van der Waals surface area contributed by atoms with Gasteiger partial charge in [0, 0.05) is 10.0 Å². The first kappa shape index (κ1) is 14.7. The fraction of sp³-hybridized carbons (Fsp3) is 0.0714. The Bertz CT molecular complexity index is 536. The normalized spacial score (nSPS) is 11.2. The van der Waals surface area contributed by atoms with Gasteiger partial charge in [-0.2, -0.15) is 5.10 Å². The molecule has 20 heavy (non-hydrogen) atoms. The summed E-state index contributed by atoms with van der Waals surface area (Å²) in [6.45, 7) is 0. The molecule has 0 bridgehead atoms. The molecule has 0 aliphatic carbocycles. The van der Waals surface area contributed by atoms with Crippen LogP contribution in [0.3, 0.4) is 0 Å². The van der Waals surface area contributed by atoms with Crippen LogP contribution in [0.5, 0.6) is 0 Å². The van der Waals surface area contributed by atoms with E-state index in [1.807, 2.05) is 24.3 Å². The molecule has 4 N–H and O–H groups in total. The number of nitrogens with zero attached hydrogens (tertiary/aromatic N) is 2. The van der Waals surface area contributed by atoms with Crippen molar-refractivity contribution in [3.8, 4) is 0 Å². The maximum atomic E-state index is 5.96. The topological polar surface area (TPSA) is 67.6 Å². The molecule has 6 heteroatoms. The number of hydrazone groups is 1. The maximum Gasteiger partial charge on any atom is 0.114 e. The lowest BCUT2D eigenvalue weighted by Gasteiger charge is -2.25. The van der Waals surface area contributed by atoms with Crippen LogP contribution in [-0.4, -0.2) is 11.5 Å². The maximum absolute atomic E-state index is 5.96. The predicted molar refractivity (Wildman–Crippen MR) is 83.5 cm³/mol. The average Bonchev–Trinajstić information content (AvgIpc) is 2.44. The summed E-state index contributed by atoms with van der Waals surface area (Å²) in [5.41, 5.74) is 7.21. The van der Waals surface area contributed by atoms with Crippen molar-refractivity contribution in [2.24, 2.45) is 16.7 Å². The Morgan fingerprint density at radius 2 is 1.30 bits per heavy atom. The summed E-state index contributed by atoms with van der Waals surface area (Å²) in [5, 5.41) is 6.54. The van der Waals surface area contributed by atoms with Crippen LogP contribution in [0.25, 0.3) is 0 Å². The zero-order valence-electron chi connectivity index (χ0n) is 10.6. The fourth-order valence-electron chi connectivity index (χ4n) is 1.93. The highest BCUT2D eigenvalue weighted by atomic mass is 35.5. The summed E-state index contributed by atoms with van der Waals surface area (Å²) in [7, 11) is 0. The van der Waals surface area contributed by atoms with Crippen molar-refractivity contribution >= 4 is 29.5 Å². The summed E-state index contributed by atoms with van der Waals surface area (Å²) in [5.74, 6) is 5.96. The molecule has 0 atom stereocenters. The second-order valence-corrected chi connectivity index (χ2v) is 5.02. The van der Waals surface area contributed by atoms with Crippen molar-refractivity contribution in [3.05, 3.63) is 69.7 Å². The first-order chi connectivity index (χ1) is 9.61. The second-order valence-electron chi connectivity index (χ2n) is 4.15. The summed E-state index contributed by atoms with van der Waals surface area (Å²) in [6.07, 6.45) is 1.15. The lowest BCUT2D eigenvalue weighted by atomic mass is 9.99. The van der Waals surface area contributed by atoms with Gasteiger partial charge in [0.25, 0.3) is 0 Å². The molecule has 0 spiro atoms. The average molecular weight is 309 g/mol. The van der Waals surface area contributed by atoms with Gasteiger partial charge in [0.2, 0.25) is 0 Å². The zero-order chi connectivity index (χ0) is 14.5. The molecular weight excluding hydrogens is 295 g/mol. The molecule has 0 fully saturated rings. The number of benzene rings is 2. The Kier molecular flexibility index (Phi) is 4.84. The van der Waals surface area contributed by atoms with Gasteiger partial charge in [-0.25, -0.2) is 11.0 Å². The minimum atomic E-state index is -0.274. The van der Waals surface area contributed by atoms with Gasteiger partial charge in [-0.05, 0) is 35.4 Å². The first-order valence-electron chi connectivity index (χ1n) is 5.91. The van der Waals surface area contributed by atoms with Gasteiger partial charge >= 0.3 is 0 Å². The van der Waals surface area contributed by atoms with Crippen LogP contribution < -0.4 is 11.6 Å². The molecule has 0 saturated carbocycles. The van der Waals surface area contributed by atoms with Crippen LogP contribution in [0.1, 0.15) is 17.2 Å². The number of hydrogen-bond donors (Lipinski definition) is 2. The Morgan fingerprint density at radius 3 is 1.65 bits per heavy atom. The number of nitrogens with two attached hydrogens (primary N) is 2. The molecule has 2 aromatic carbocycles. The van der Waals surface area contributed by atoms with Crippen LogP contribution in [0.2, 0.25) is 10.0 Å². The van der Waals surface area contributed by atoms with E-state index in [2.05, 4.69) is 5.10 Å². The van der Waals surface area contributed by atoms with Crippen LogP contribution >= 0.6 is 23.2 Å². The Balaban J connectivity index is 2.43. The third-order valence-corrected chi connectivity index (χ3v) is 3.34. The number of hydrazine groups is 1. The zero-order valence-corrected chi connectivity index (χ0v) is 12.1. The SMILES string of the molecule is N/C=N\N(N)C(c1ccc(Cl)cc1)c1ccc(Cl)cc1. The Morgan fingerprint density at radius 1 is 0.900 bits per heavy atom. The number of halogens is 2. The van der Waals surface area contributed by atoms with Crippen LogP contribution in [-0.2, 0) is 0 Å². The third-order valence-electron chi connectivity index (χ3n) is 2.84. The van der Waals surface area contributed by atoms with Crippen molar-refractivity contribution in [2.75, 3.05) is 0 Å². The van der Waals surface area contributed by atoms with E-state index in [1.54, 1.807) is 24.3 Å². The van der Waals surface area contributed by atoms with E-state index >= 15 is 0 Å². The molecule has 2 aromatic rings. The number of hydrogen-bond acceptors (Lipinski definition) is 3. The molecule has 0 saturated heterocycles. The van der Waals surface area contributed by atoms with E-state index < -0.39 is 0 Å². The van der Waals surface area contributed by atoms with E-state index in [0.29, 0.717) is 10.0 Å². The van der Waals surface area contributed by atoms with Gasteiger partial charge in [0.05, 0.1) is 0 Å². The molecule has 0 aliphatic rings. The highest BCUT2D eigenvalue weighted by Crippen LogP contribution is 2.28. The molecule has 0 heterocycles. The summed E-state index contributed by atoms with van der Waals surface area (Å²) in [6, 6.07) is 14.5. The quantitative estimate of drug-likeness (QED) is 0.394. The van der Waals surface area contributed by atoms with E-state index in [9.17, 15) is 0 Å². The minimum absolute atomic E-state index is 0.274. The molecule has 104 valence electrons. The van der Waals surface area contributed by atoms with Gasteiger partial charge in [-0.1, -0.05) is 47.5 Å². The molecule has 2 rings (SSSR count). The smallest absolute Gasteiger partial charge is 0.114 e. The van der Waals surface area contributed by atoms with Crippen molar-refractivity contribution in [3.63, 3.8) is 0 Å². The van der Waals surface area contributed by atoms with Gasteiger partial charge in [-0.3, -0.25) is 0 Å². The van der Waals surface area contributed by atoms with Gasteiger partial charge in [0.1, 0.15) is 12.4 Å². The van der Waals surface area contributed by atoms with E-state index in [-0.39, 0.29) is 6.04 Å². The number of rotatable bonds is 4. The van der Waals surface area contributed by atoms with Crippen LogP contribution in [0.15, 0.2) is 53.6 Å². The van der Waals surface area contributed by atoms with Gasteiger partial charge < -0.3 is 5.73 Å². The second kappa shape index (κ2) is 6.61. The largest absolute Gasteiger partial charge is 0.388 e. The molecule has 4 nitrogen and oxygen atoms in total. The van der Waals surface area contributed by atoms with E-state index in [1.165, 1.54) is 5.12 Å². The lowest BCUT2D eigenvalue weighted by molar-refractivity contribution is 0.245. The van der Waals surface area contributed by atoms with Gasteiger partial charge in [0.15, 0.2) is 0 Å². The van der Waals surface area contributed by atoms with Crippen LogP contribution in [0, 0.1) is 0 Å². The predicted octanol–water partition coefficient (Wildman–Crippen LogP) is 3.16. The molecule has 0 amide bonds. The monoisotopic (exact) mass is 308 g/mol. The summed E-state index contributed by atoms with van der Waals surface area (Å²) >= 11 is 11.8. The first-order valence-corrected chi connectivity index (χ1v) is 6.66. The van der Waals surface area contributed by atoms with E-state index in [0.717, 1.165) is 17.5 Å². The van der Waals surface area contributed by atoms with Crippen molar-refractivity contribution in [1.82, 2.24) is 5.12 Å². The minimum Gasteiger partial charge on any atom is -0.388 e. The summed E-state index contributed by atoms with van der Waals surface area (Å²) in [4.78, 5) is 0. The van der Waals surface area contributed by atoms with Gasteiger partial charge in [-0.15, -0.1) is 0 Å². The van der Waals surface area contributed by atoms with Crippen molar-refractivity contribution in [2.45, 2.75) is 6.04 Å². The molecule has 0 aromatic heterocycles. The molecule has 0 unspecified atom stereocenters. The van der Waals surface area contributed by atoms with Crippen LogP contribution in [0.4, 0.5) is 0 Å². The third kappa shape index (κ3) is 3.42. The standard InChI is InChI=1S/C14H14Cl2N4/c15-12-5-1-10(2-6-12)14(20(18)19-9-17)11-3-7-13(16)8-4-11/h1-9,14H,18H2,(H2,17,19). The molecule has 0 radical (unpaired) electrons. The highest BCUT2D eigenvalue weighted by Gasteiger charge is 2.19. The molecular formula is C14H14Cl2N4. The Labute approximate surface area is 127 Å². The van der Waals surface area contributed by atoms with E-state index in [4.69, 9.17) is 34.8 Å². The summed E-state index contributed by atoms with van der Waals surface area (Å²) < 4.78 is 0.